The van der Waals surface area contributed by atoms with E-state index in [4.69, 9.17) is 5.26 Å². The first-order valence-electron chi connectivity index (χ1n) is 8.32. The van der Waals surface area contributed by atoms with Gasteiger partial charge in [0.2, 0.25) is 0 Å². The summed E-state index contributed by atoms with van der Waals surface area (Å²) in [4.78, 5) is 0.304. The van der Waals surface area contributed by atoms with E-state index in [2.05, 4.69) is 12.1 Å². The van der Waals surface area contributed by atoms with Crippen molar-refractivity contribution in [2.24, 2.45) is 0 Å². The first kappa shape index (κ1) is 18.2. The summed E-state index contributed by atoms with van der Waals surface area (Å²) in [6.45, 7) is 1.77. The highest BCUT2D eigenvalue weighted by atomic mass is 32.2. The third kappa shape index (κ3) is 4.94. The smallest absolute Gasteiger partial charge is 0.180 e. The Hall–Kier alpha value is -2.12. The Morgan fingerprint density at radius 3 is 2.25 bits per heavy atom. The number of rotatable bonds is 8. The number of sulfone groups is 1. The molecule has 0 aliphatic rings. The van der Waals surface area contributed by atoms with Crippen molar-refractivity contribution in [2.45, 2.75) is 49.2 Å². The Kier molecular flexibility index (Phi) is 6.57. The lowest BCUT2D eigenvalue weighted by Gasteiger charge is -2.13. The lowest BCUT2D eigenvalue weighted by molar-refractivity contribution is 0.564. The number of hydrogen-bond donors (Lipinski definition) is 0. The van der Waals surface area contributed by atoms with Gasteiger partial charge in [-0.1, -0.05) is 43.2 Å². The van der Waals surface area contributed by atoms with Crippen molar-refractivity contribution in [3.63, 3.8) is 0 Å². The molecule has 0 aliphatic heterocycles. The molecule has 0 saturated carbocycles. The summed E-state index contributed by atoms with van der Waals surface area (Å²) in [6, 6.07) is 18.5. The predicted molar refractivity (Wildman–Crippen MR) is 96.4 cm³/mol. The molecule has 0 radical (unpaired) electrons. The van der Waals surface area contributed by atoms with E-state index in [0.29, 0.717) is 16.9 Å². The molecule has 2 aromatic carbocycles. The standard InChI is InChI=1S/C20H23NO2S/c1-17(8-4-2-5-9-18-10-6-3-7-11-18)24(22,23)20-14-12-19(16-21)13-15-20/h3,6-7,10-15,17H,2,4-5,8-9H2,1H3. The molecule has 1 unspecified atom stereocenters. The number of nitriles is 1. The van der Waals surface area contributed by atoms with E-state index in [1.54, 1.807) is 19.1 Å². The minimum Gasteiger partial charge on any atom is -0.223 e. The van der Waals surface area contributed by atoms with Gasteiger partial charge in [0.05, 0.1) is 21.8 Å². The van der Waals surface area contributed by atoms with Gasteiger partial charge in [0, 0.05) is 0 Å². The van der Waals surface area contributed by atoms with E-state index < -0.39 is 15.1 Å². The molecule has 4 heteroatoms. The molecule has 0 aliphatic carbocycles. The highest BCUT2D eigenvalue weighted by Gasteiger charge is 2.22. The van der Waals surface area contributed by atoms with Crippen molar-refractivity contribution in [3.05, 3.63) is 65.7 Å². The van der Waals surface area contributed by atoms with Gasteiger partial charge < -0.3 is 0 Å². The average molecular weight is 341 g/mol. The zero-order valence-electron chi connectivity index (χ0n) is 14.0. The van der Waals surface area contributed by atoms with Crippen LogP contribution in [-0.4, -0.2) is 13.7 Å². The summed E-state index contributed by atoms with van der Waals surface area (Å²) in [5, 5.41) is 8.39. The van der Waals surface area contributed by atoms with Gasteiger partial charge in [0.15, 0.2) is 9.84 Å². The molecular weight excluding hydrogens is 318 g/mol. The first-order valence-corrected chi connectivity index (χ1v) is 9.86. The van der Waals surface area contributed by atoms with Crippen molar-refractivity contribution < 1.29 is 8.42 Å². The highest BCUT2D eigenvalue weighted by molar-refractivity contribution is 7.92. The fourth-order valence-electron chi connectivity index (χ4n) is 2.69. The van der Waals surface area contributed by atoms with Gasteiger partial charge in [0.25, 0.3) is 0 Å². The van der Waals surface area contributed by atoms with Gasteiger partial charge in [-0.15, -0.1) is 0 Å². The zero-order valence-corrected chi connectivity index (χ0v) is 14.8. The van der Waals surface area contributed by atoms with Crippen LogP contribution in [0.5, 0.6) is 0 Å². The van der Waals surface area contributed by atoms with Gasteiger partial charge in [0.1, 0.15) is 0 Å². The molecule has 0 heterocycles. The second-order valence-corrected chi connectivity index (χ2v) is 8.44. The molecule has 1 atom stereocenters. The molecule has 126 valence electrons. The molecule has 0 aromatic heterocycles. The number of aryl methyl sites for hydroxylation is 1. The lowest BCUT2D eigenvalue weighted by atomic mass is 10.1. The summed E-state index contributed by atoms with van der Waals surface area (Å²) in [5.41, 5.74) is 1.80. The van der Waals surface area contributed by atoms with Gasteiger partial charge in [-0.05, 0) is 56.0 Å². The van der Waals surface area contributed by atoms with Crippen LogP contribution in [0.2, 0.25) is 0 Å². The maximum Gasteiger partial charge on any atom is 0.180 e. The van der Waals surface area contributed by atoms with Crippen LogP contribution in [0.25, 0.3) is 0 Å². The van der Waals surface area contributed by atoms with Crippen LogP contribution in [0.3, 0.4) is 0 Å². The summed E-state index contributed by atoms with van der Waals surface area (Å²) in [7, 11) is -3.31. The fraction of sp³-hybridized carbons (Fsp3) is 0.350. The summed E-state index contributed by atoms with van der Waals surface area (Å²) >= 11 is 0. The quantitative estimate of drug-likeness (QED) is 0.663. The first-order chi connectivity index (χ1) is 11.5. The van der Waals surface area contributed by atoms with Gasteiger partial charge in [-0.3, -0.25) is 0 Å². The van der Waals surface area contributed by atoms with E-state index in [0.717, 1.165) is 25.7 Å². The van der Waals surface area contributed by atoms with Crippen molar-refractivity contribution in [3.8, 4) is 6.07 Å². The van der Waals surface area contributed by atoms with Crippen molar-refractivity contribution >= 4 is 9.84 Å². The number of benzene rings is 2. The molecule has 0 bridgehead atoms. The highest BCUT2D eigenvalue weighted by Crippen LogP contribution is 2.21. The topological polar surface area (TPSA) is 57.9 Å². The maximum atomic E-state index is 12.5. The van der Waals surface area contributed by atoms with E-state index in [1.807, 2.05) is 24.3 Å². The predicted octanol–water partition coefficient (Wildman–Crippen LogP) is 4.52. The molecule has 0 spiro atoms. The molecule has 0 amide bonds. The largest absolute Gasteiger partial charge is 0.223 e. The van der Waals surface area contributed by atoms with Crippen LogP contribution in [0.1, 0.15) is 43.7 Å². The van der Waals surface area contributed by atoms with Crippen LogP contribution in [-0.2, 0) is 16.3 Å². The summed E-state index contributed by atoms with van der Waals surface area (Å²) in [6.07, 6.45) is 4.72. The molecule has 2 rings (SSSR count). The second kappa shape index (κ2) is 8.65. The van der Waals surface area contributed by atoms with Gasteiger partial charge >= 0.3 is 0 Å². The minimum absolute atomic E-state index is 0.304. The Balaban J connectivity index is 1.80. The minimum atomic E-state index is -3.31. The van der Waals surface area contributed by atoms with Crippen molar-refractivity contribution in [2.75, 3.05) is 0 Å². The molecule has 24 heavy (non-hydrogen) atoms. The molecule has 2 aromatic rings. The van der Waals surface area contributed by atoms with Gasteiger partial charge in [-0.25, -0.2) is 8.42 Å². The summed E-state index contributed by atoms with van der Waals surface area (Å²) < 4.78 is 25.1. The van der Waals surface area contributed by atoms with E-state index in [1.165, 1.54) is 17.7 Å². The van der Waals surface area contributed by atoms with Crippen LogP contribution in [0, 0.1) is 11.3 Å². The van der Waals surface area contributed by atoms with E-state index >= 15 is 0 Å². The van der Waals surface area contributed by atoms with E-state index in [9.17, 15) is 8.42 Å². The normalized spacial score (nSPS) is 12.5. The van der Waals surface area contributed by atoms with Crippen LogP contribution >= 0.6 is 0 Å². The van der Waals surface area contributed by atoms with Crippen molar-refractivity contribution in [1.29, 1.82) is 5.26 Å². The molecule has 3 nitrogen and oxygen atoms in total. The number of hydrogen-bond acceptors (Lipinski definition) is 3. The Bertz CT molecular complexity index is 775. The van der Waals surface area contributed by atoms with Crippen LogP contribution in [0.4, 0.5) is 0 Å². The monoisotopic (exact) mass is 341 g/mol. The molecule has 0 N–H and O–H groups in total. The van der Waals surface area contributed by atoms with E-state index in [-0.39, 0.29) is 0 Å². The van der Waals surface area contributed by atoms with Crippen LogP contribution in [0.15, 0.2) is 59.5 Å². The third-order valence-electron chi connectivity index (χ3n) is 4.26. The Morgan fingerprint density at radius 1 is 0.958 bits per heavy atom. The zero-order chi connectivity index (χ0) is 17.4. The molecule has 0 saturated heterocycles. The lowest BCUT2D eigenvalue weighted by Crippen LogP contribution is -2.18. The summed E-state index contributed by atoms with van der Waals surface area (Å²) in [5.74, 6) is 0. The average Bonchev–Trinajstić information content (AvgIpc) is 2.62. The Morgan fingerprint density at radius 2 is 1.62 bits per heavy atom. The Labute approximate surface area is 144 Å². The maximum absolute atomic E-state index is 12.5. The second-order valence-electron chi connectivity index (χ2n) is 6.08. The van der Waals surface area contributed by atoms with Crippen molar-refractivity contribution in [1.82, 2.24) is 0 Å². The molecular formula is C20H23NO2S. The third-order valence-corrected chi connectivity index (χ3v) is 6.48. The van der Waals surface area contributed by atoms with Gasteiger partial charge in [-0.2, -0.15) is 5.26 Å². The number of nitrogens with zero attached hydrogens (tertiary/aromatic N) is 1. The SMILES string of the molecule is CC(CCCCCc1ccccc1)S(=O)(=O)c1ccc(C#N)cc1. The van der Waals surface area contributed by atoms with Crippen LogP contribution < -0.4 is 0 Å². The fourth-order valence-corrected chi connectivity index (χ4v) is 4.15. The number of unbranched alkanes of at least 4 members (excludes halogenated alkanes) is 2. The molecule has 0 fully saturated rings.